The quantitative estimate of drug-likeness (QED) is 0.708. The smallest absolute Gasteiger partial charge is 0.305 e. The van der Waals surface area contributed by atoms with Crippen LogP contribution in [-0.2, 0) is 9.59 Å². The van der Waals surface area contributed by atoms with Crippen LogP contribution in [0.3, 0.4) is 0 Å². The molecule has 110 valence electrons. The van der Waals surface area contributed by atoms with E-state index >= 15 is 0 Å². The van der Waals surface area contributed by atoms with Crippen molar-refractivity contribution in [2.45, 2.75) is 65.0 Å². The van der Waals surface area contributed by atoms with Gasteiger partial charge in [-0.05, 0) is 38.1 Å². The van der Waals surface area contributed by atoms with Crippen LogP contribution >= 0.6 is 0 Å². The maximum Gasteiger partial charge on any atom is 0.305 e. The molecule has 1 fully saturated rings. The Morgan fingerprint density at radius 3 is 2.47 bits per heavy atom. The lowest BCUT2D eigenvalue weighted by atomic mass is 9.86. The first-order valence-electron chi connectivity index (χ1n) is 6.90. The van der Waals surface area contributed by atoms with E-state index in [1.807, 2.05) is 27.7 Å². The second kappa shape index (κ2) is 5.90. The van der Waals surface area contributed by atoms with Gasteiger partial charge in [-0.1, -0.05) is 20.8 Å². The average Bonchev–Trinajstić information content (AvgIpc) is 2.62. The van der Waals surface area contributed by atoms with E-state index in [1.165, 1.54) is 0 Å². The molecule has 3 N–H and O–H groups in total. The van der Waals surface area contributed by atoms with E-state index in [4.69, 9.17) is 5.11 Å². The molecule has 1 heterocycles. The highest BCUT2D eigenvalue weighted by Crippen LogP contribution is 2.24. The van der Waals surface area contributed by atoms with Crippen LogP contribution in [0.15, 0.2) is 0 Å². The first kappa shape index (κ1) is 16.0. The average molecular weight is 270 g/mol. The van der Waals surface area contributed by atoms with Crippen molar-refractivity contribution in [1.82, 2.24) is 10.6 Å². The lowest BCUT2D eigenvalue weighted by Gasteiger charge is -2.30. The van der Waals surface area contributed by atoms with Crippen molar-refractivity contribution < 1.29 is 14.7 Å². The fourth-order valence-electron chi connectivity index (χ4n) is 2.56. The molecule has 0 bridgehead atoms. The first-order valence-corrected chi connectivity index (χ1v) is 6.90. The maximum atomic E-state index is 12.3. The molecule has 0 aliphatic carbocycles. The first-order chi connectivity index (χ1) is 8.62. The minimum Gasteiger partial charge on any atom is -0.481 e. The summed E-state index contributed by atoms with van der Waals surface area (Å²) in [6.45, 7) is 8.85. The number of amides is 1. The summed E-state index contributed by atoms with van der Waals surface area (Å²) in [4.78, 5) is 23.2. The van der Waals surface area contributed by atoms with Crippen LogP contribution in [0.1, 0.15) is 53.4 Å². The van der Waals surface area contributed by atoms with Crippen LogP contribution in [0.2, 0.25) is 0 Å². The fraction of sp³-hybridized carbons (Fsp3) is 0.857. The lowest BCUT2D eigenvalue weighted by molar-refractivity contribution is -0.138. The van der Waals surface area contributed by atoms with Gasteiger partial charge in [0.15, 0.2) is 0 Å². The molecular formula is C14H26N2O3. The van der Waals surface area contributed by atoms with Gasteiger partial charge in [0.2, 0.25) is 5.91 Å². The zero-order valence-electron chi connectivity index (χ0n) is 12.4. The second-order valence-corrected chi connectivity index (χ2v) is 6.90. The Kier molecular flexibility index (Phi) is 4.96. The van der Waals surface area contributed by atoms with Gasteiger partial charge in [0.1, 0.15) is 0 Å². The summed E-state index contributed by atoms with van der Waals surface area (Å²) in [7, 11) is 0. The van der Waals surface area contributed by atoms with Crippen molar-refractivity contribution in [1.29, 1.82) is 0 Å². The third-order valence-corrected chi connectivity index (χ3v) is 3.48. The zero-order valence-corrected chi connectivity index (χ0v) is 12.4. The van der Waals surface area contributed by atoms with E-state index < -0.39 is 11.5 Å². The predicted octanol–water partition coefficient (Wildman–Crippen LogP) is 1.52. The van der Waals surface area contributed by atoms with Gasteiger partial charge >= 0.3 is 5.97 Å². The summed E-state index contributed by atoms with van der Waals surface area (Å²) in [6, 6.07) is -0.316. The summed E-state index contributed by atoms with van der Waals surface area (Å²) in [5, 5.41) is 15.1. The van der Waals surface area contributed by atoms with Crippen molar-refractivity contribution in [2.24, 2.45) is 5.41 Å². The molecule has 2 atom stereocenters. The summed E-state index contributed by atoms with van der Waals surface area (Å²) in [5.74, 6) is -0.959. The predicted molar refractivity (Wildman–Crippen MR) is 73.9 cm³/mol. The highest BCUT2D eigenvalue weighted by Gasteiger charge is 2.37. The van der Waals surface area contributed by atoms with Crippen molar-refractivity contribution in [3.63, 3.8) is 0 Å². The van der Waals surface area contributed by atoms with Gasteiger partial charge in [0.25, 0.3) is 0 Å². The number of hydrogen-bond donors (Lipinski definition) is 3. The number of carboxylic acid groups (broad SMARTS) is 1. The number of aliphatic carboxylic acids is 1. The monoisotopic (exact) mass is 270 g/mol. The van der Waals surface area contributed by atoms with Crippen molar-refractivity contribution in [3.05, 3.63) is 0 Å². The standard InChI is InChI=1S/C14H26N2O3/c1-13(2,3)9-10(8-11(17)18)16-12(19)14(4)6-5-7-15-14/h10,15H,5-9H2,1-4H3,(H,16,19)(H,17,18). The molecule has 5 heteroatoms. The minimum absolute atomic E-state index is 0.0165. The Labute approximate surface area is 115 Å². The van der Waals surface area contributed by atoms with Crippen LogP contribution in [0.4, 0.5) is 0 Å². The van der Waals surface area contributed by atoms with Gasteiger partial charge in [-0.25, -0.2) is 0 Å². The van der Waals surface area contributed by atoms with E-state index in [-0.39, 0.29) is 23.8 Å². The third kappa shape index (κ3) is 5.19. The molecule has 1 aliphatic heterocycles. The highest BCUT2D eigenvalue weighted by molar-refractivity contribution is 5.86. The van der Waals surface area contributed by atoms with Gasteiger partial charge in [-0.2, -0.15) is 0 Å². The van der Waals surface area contributed by atoms with E-state index in [0.29, 0.717) is 6.42 Å². The summed E-state index contributed by atoms with van der Waals surface area (Å²) < 4.78 is 0. The number of nitrogens with one attached hydrogen (secondary N) is 2. The summed E-state index contributed by atoms with van der Waals surface area (Å²) >= 11 is 0. The molecular weight excluding hydrogens is 244 g/mol. The van der Waals surface area contributed by atoms with E-state index in [0.717, 1.165) is 19.4 Å². The van der Waals surface area contributed by atoms with Crippen LogP contribution in [0.25, 0.3) is 0 Å². The van der Waals surface area contributed by atoms with Gasteiger partial charge in [-0.15, -0.1) is 0 Å². The molecule has 0 aromatic rings. The van der Waals surface area contributed by atoms with Crippen LogP contribution in [0, 0.1) is 5.41 Å². The molecule has 0 saturated carbocycles. The third-order valence-electron chi connectivity index (χ3n) is 3.48. The SMILES string of the molecule is CC(C)(C)CC(CC(=O)O)NC(=O)C1(C)CCCN1. The Balaban J connectivity index is 2.65. The van der Waals surface area contributed by atoms with E-state index in [2.05, 4.69) is 10.6 Å². The van der Waals surface area contributed by atoms with Gasteiger partial charge < -0.3 is 15.7 Å². The molecule has 0 radical (unpaired) electrons. The molecule has 2 unspecified atom stereocenters. The number of carbonyl (C=O) groups is 2. The number of carbonyl (C=O) groups excluding carboxylic acids is 1. The highest BCUT2D eigenvalue weighted by atomic mass is 16.4. The molecule has 0 aromatic heterocycles. The molecule has 19 heavy (non-hydrogen) atoms. The van der Waals surface area contributed by atoms with Gasteiger partial charge in [0.05, 0.1) is 12.0 Å². The topological polar surface area (TPSA) is 78.4 Å². The molecule has 1 aliphatic rings. The van der Waals surface area contributed by atoms with Gasteiger partial charge in [0, 0.05) is 6.04 Å². The summed E-state index contributed by atoms with van der Waals surface area (Å²) in [5.41, 5.74) is -0.563. The van der Waals surface area contributed by atoms with Crippen molar-refractivity contribution in [2.75, 3.05) is 6.54 Å². The zero-order chi connectivity index (χ0) is 14.7. The number of rotatable bonds is 5. The van der Waals surface area contributed by atoms with Crippen LogP contribution < -0.4 is 10.6 Å². The molecule has 0 spiro atoms. The molecule has 1 saturated heterocycles. The Morgan fingerprint density at radius 2 is 2.05 bits per heavy atom. The number of carboxylic acids is 1. The molecule has 5 nitrogen and oxygen atoms in total. The minimum atomic E-state index is -0.876. The second-order valence-electron chi connectivity index (χ2n) is 6.90. The normalized spacial score (nSPS) is 25.1. The van der Waals surface area contributed by atoms with Gasteiger partial charge in [-0.3, -0.25) is 9.59 Å². The summed E-state index contributed by atoms with van der Waals surface area (Å²) in [6.07, 6.45) is 2.40. The Bertz CT molecular complexity index is 341. The number of hydrogen-bond acceptors (Lipinski definition) is 3. The van der Waals surface area contributed by atoms with E-state index in [1.54, 1.807) is 0 Å². The van der Waals surface area contributed by atoms with E-state index in [9.17, 15) is 9.59 Å². The van der Waals surface area contributed by atoms with Crippen LogP contribution in [-0.4, -0.2) is 35.1 Å². The molecule has 1 amide bonds. The van der Waals surface area contributed by atoms with Crippen molar-refractivity contribution >= 4 is 11.9 Å². The van der Waals surface area contributed by atoms with Crippen molar-refractivity contribution in [3.8, 4) is 0 Å². The Morgan fingerprint density at radius 1 is 1.42 bits per heavy atom. The largest absolute Gasteiger partial charge is 0.481 e. The fourth-order valence-corrected chi connectivity index (χ4v) is 2.56. The maximum absolute atomic E-state index is 12.3. The van der Waals surface area contributed by atoms with Crippen LogP contribution in [0.5, 0.6) is 0 Å². The Hall–Kier alpha value is -1.10. The lowest BCUT2D eigenvalue weighted by Crippen LogP contribution is -2.54. The molecule has 0 aromatic carbocycles. The molecule has 1 rings (SSSR count).